The third-order valence-corrected chi connectivity index (χ3v) is 3.39. The molecule has 0 aliphatic heterocycles. The van der Waals surface area contributed by atoms with E-state index in [2.05, 4.69) is 0 Å². The maximum Gasteiger partial charge on any atom is 0.256 e. The fraction of sp³-hybridized carbons (Fsp3) is 0.300. The van der Waals surface area contributed by atoms with Crippen LogP contribution in [0.5, 0.6) is 0 Å². The van der Waals surface area contributed by atoms with E-state index in [0.717, 1.165) is 4.31 Å². The van der Waals surface area contributed by atoms with Gasteiger partial charge in [-0.3, -0.25) is 13.3 Å². The fourth-order valence-electron chi connectivity index (χ4n) is 1.39. The van der Waals surface area contributed by atoms with Gasteiger partial charge < -0.3 is 4.55 Å². The van der Waals surface area contributed by atoms with Gasteiger partial charge in [0.05, 0.1) is 16.3 Å². The molecule has 0 heterocycles. The van der Waals surface area contributed by atoms with E-state index in [4.69, 9.17) is 23.2 Å². The number of nitrogens with zero attached hydrogens (tertiary/aromatic N) is 1. The van der Waals surface area contributed by atoms with E-state index >= 15 is 0 Å². The first kappa shape index (κ1) is 15.4. The summed E-state index contributed by atoms with van der Waals surface area (Å²) in [4.78, 5) is 11.1. The minimum absolute atomic E-state index is 0.0879. The highest BCUT2D eigenvalue weighted by Gasteiger charge is 2.21. The summed E-state index contributed by atoms with van der Waals surface area (Å²) in [5.74, 6) is -1.04. The quantitative estimate of drug-likeness (QED) is 0.620. The minimum atomic E-state index is -2.65. The van der Waals surface area contributed by atoms with Gasteiger partial charge in [-0.05, 0) is 30.2 Å². The molecule has 1 aromatic rings. The lowest BCUT2D eigenvalue weighted by Gasteiger charge is -2.26. The number of carbonyl (C=O) groups excluding carboxylic acids is 1. The topological polar surface area (TPSA) is 60.4 Å². The molecule has 4 nitrogen and oxygen atoms in total. The van der Waals surface area contributed by atoms with E-state index in [9.17, 15) is 17.9 Å². The molecule has 0 spiro atoms. The molecule has 1 aromatic carbocycles. The molecule has 0 aliphatic carbocycles. The van der Waals surface area contributed by atoms with Crippen LogP contribution in [0.25, 0.3) is 0 Å². The van der Waals surface area contributed by atoms with E-state index in [0.29, 0.717) is 6.42 Å². The maximum absolute atomic E-state index is 14.0. The molecule has 1 atom stereocenters. The molecule has 0 N–H and O–H groups in total. The van der Waals surface area contributed by atoms with E-state index in [1.165, 1.54) is 12.1 Å². The summed E-state index contributed by atoms with van der Waals surface area (Å²) in [6.07, 6.45) is 0.486. The van der Waals surface area contributed by atoms with Crippen LogP contribution in [0, 0.1) is 5.82 Å². The Labute approximate surface area is 116 Å². The third-order valence-electron chi connectivity index (χ3n) is 2.14. The van der Waals surface area contributed by atoms with Crippen LogP contribution in [0.3, 0.4) is 0 Å². The van der Waals surface area contributed by atoms with Crippen molar-refractivity contribution in [3.8, 4) is 0 Å². The normalized spacial score (nSPS) is 12.3. The predicted octanol–water partition coefficient (Wildman–Crippen LogP) is 2.87. The fourth-order valence-corrected chi connectivity index (χ4v) is 2.49. The lowest BCUT2D eigenvalue weighted by molar-refractivity contribution is 0.107. The minimum Gasteiger partial charge on any atom is -0.755 e. The van der Waals surface area contributed by atoms with E-state index in [-0.39, 0.29) is 17.3 Å². The van der Waals surface area contributed by atoms with Gasteiger partial charge in [0.15, 0.2) is 5.82 Å². The first-order valence-electron chi connectivity index (χ1n) is 4.94. The predicted molar refractivity (Wildman–Crippen MR) is 68.2 cm³/mol. The number of benzene rings is 1. The zero-order valence-electron chi connectivity index (χ0n) is 9.28. The van der Waals surface area contributed by atoms with Crippen molar-refractivity contribution in [1.29, 1.82) is 0 Å². The van der Waals surface area contributed by atoms with Gasteiger partial charge in [0.1, 0.15) is 0 Å². The van der Waals surface area contributed by atoms with Gasteiger partial charge in [-0.15, -0.1) is 0 Å². The van der Waals surface area contributed by atoms with E-state index in [1.54, 1.807) is 6.92 Å². The largest absolute Gasteiger partial charge is 0.755 e. The Bertz CT molecular complexity index is 498. The molecule has 1 rings (SSSR count). The number of carbonyl (C=O) groups is 1. The number of hydrogen-bond acceptors (Lipinski definition) is 3. The summed E-state index contributed by atoms with van der Waals surface area (Å²) in [5, 5.41) is -1.24. The van der Waals surface area contributed by atoms with Gasteiger partial charge in [-0.2, -0.15) is 0 Å². The Kier molecular flexibility index (Phi) is 5.52. The number of rotatable bonds is 5. The van der Waals surface area contributed by atoms with Crippen LogP contribution in [-0.2, 0) is 11.3 Å². The van der Waals surface area contributed by atoms with E-state index < -0.39 is 27.9 Å². The average Bonchev–Trinajstić information content (AvgIpc) is 2.26. The van der Waals surface area contributed by atoms with Crippen LogP contribution in [0.15, 0.2) is 12.1 Å². The molecule has 0 fully saturated rings. The SMILES string of the molecule is CCCN(c1ccc(Cl)c(C(=O)Cl)c1F)S(=O)[O-]. The Hall–Kier alpha value is -0.690. The Morgan fingerprint density at radius 3 is 2.61 bits per heavy atom. The van der Waals surface area contributed by atoms with Gasteiger partial charge in [0.2, 0.25) is 0 Å². The lowest BCUT2D eigenvalue weighted by Crippen LogP contribution is -2.27. The van der Waals surface area contributed by atoms with Crippen molar-refractivity contribution in [2.75, 3.05) is 10.8 Å². The molecule has 1 unspecified atom stereocenters. The second kappa shape index (κ2) is 6.47. The summed E-state index contributed by atoms with van der Waals surface area (Å²) in [5.41, 5.74) is -0.777. The Morgan fingerprint density at radius 1 is 1.56 bits per heavy atom. The summed E-state index contributed by atoms with van der Waals surface area (Å²) in [6.45, 7) is 1.83. The van der Waals surface area contributed by atoms with Gasteiger partial charge in [-0.25, -0.2) is 4.39 Å². The molecule has 100 valence electrons. The van der Waals surface area contributed by atoms with Crippen LogP contribution in [0.2, 0.25) is 5.02 Å². The molecule has 0 saturated heterocycles. The summed E-state index contributed by atoms with van der Waals surface area (Å²) in [6, 6.07) is 2.41. The van der Waals surface area contributed by atoms with Crippen molar-refractivity contribution in [1.82, 2.24) is 0 Å². The number of halogens is 3. The van der Waals surface area contributed by atoms with Crippen molar-refractivity contribution in [2.45, 2.75) is 13.3 Å². The third kappa shape index (κ3) is 3.20. The Balaban J connectivity index is 3.37. The summed E-state index contributed by atoms with van der Waals surface area (Å²) < 4.78 is 36.8. The smallest absolute Gasteiger partial charge is 0.256 e. The highest BCUT2D eigenvalue weighted by molar-refractivity contribution is 7.80. The summed E-state index contributed by atoms with van der Waals surface area (Å²) in [7, 11) is 0. The zero-order valence-corrected chi connectivity index (χ0v) is 11.6. The first-order valence-corrected chi connectivity index (χ1v) is 6.73. The molecule has 0 saturated carbocycles. The summed E-state index contributed by atoms with van der Waals surface area (Å²) >= 11 is 8.20. The number of hydrogen-bond donors (Lipinski definition) is 0. The second-order valence-corrected chi connectivity index (χ2v) is 4.97. The van der Waals surface area contributed by atoms with Crippen molar-refractivity contribution in [3.05, 3.63) is 28.5 Å². The van der Waals surface area contributed by atoms with Crippen molar-refractivity contribution >= 4 is 45.4 Å². The number of anilines is 1. The molecular formula is C10H9Cl2FNO3S-. The van der Waals surface area contributed by atoms with Crippen molar-refractivity contribution in [2.24, 2.45) is 0 Å². The standard InChI is InChI=1S/C10H10Cl2FNO3S/c1-2-5-14(18(16)17)7-4-3-6(11)8(9(7)13)10(12)15/h3-4H,2,5H2,1H3,(H,16,17)/p-1. The molecule has 0 radical (unpaired) electrons. The molecule has 8 heteroatoms. The second-order valence-electron chi connectivity index (χ2n) is 3.35. The highest BCUT2D eigenvalue weighted by atomic mass is 35.5. The Morgan fingerprint density at radius 2 is 2.17 bits per heavy atom. The first-order chi connectivity index (χ1) is 8.40. The van der Waals surface area contributed by atoms with Gasteiger partial charge in [0.25, 0.3) is 5.24 Å². The molecule has 18 heavy (non-hydrogen) atoms. The zero-order chi connectivity index (χ0) is 13.9. The highest BCUT2D eigenvalue weighted by Crippen LogP contribution is 2.30. The molecule has 0 bridgehead atoms. The van der Waals surface area contributed by atoms with Gasteiger partial charge in [0, 0.05) is 17.8 Å². The molecule has 0 aliphatic rings. The van der Waals surface area contributed by atoms with Crippen LogP contribution < -0.4 is 4.31 Å². The lowest BCUT2D eigenvalue weighted by atomic mass is 10.2. The average molecular weight is 313 g/mol. The van der Waals surface area contributed by atoms with E-state index in [1.807, 2.05) is 0 Å². The van der Waals surface area contributed by atoms with Gasteiger partial charge in [-0.1, -0.05) is 18.5 Å². The van der Waals surface area contributed by atoms with Crippen LogP contribution in [-0.4, -0.2) is 20.5 Å². The maximum atomic E-state index is 14.0. The van der Waals surface area contributed by atoms with Crippen LogP contribution in [0.4, 0.5) is 10.1 Å². The molecule has 0 amide bonds. The van der Waals surface area contributed by atoms with Gasteiger partial charge >= 0.3 is 0 Å². The molecular weight excluding hydrogens is 304 g/mol. The van der Waals surface area contributed by atoms with Crippen molar-refractivity contribution < 1.29 is 17.9 Å². The van der Waals surface area contributed by atoms with Crippen LogP contribution in [0.1, 0.15) is 23.7 Å². The molecule has 0 aromatic heterocycles. The monoisotopic (exact) mass is 312 g/mol. The van der Waals surface area contributed by atoms with Crippen molar-refractivity contribution in [3.63, 3.8) is 0 Å². The van der Waals surface area contributed by atoms with Crippen LogP contribution >= 0.6 is 23.2 Å².